The number of aryl methyl sites for hydroxylation is 1. The molecule has 5 heterocycles. The molecule has 29 heavy (non-hydrogen) atoms. The number of hydrogen-bond donors (Lipinski definition) is 1. The molecule has 4 bridgehead atoms. The number of halogens is 1. The molecule has 3 aromatic rings. The van der Waals surface area contributed by atoms with Crippen molar-refractivity contribution >= 4 is 17.4 Å². The minimum Gasteiger partial charge on any atom is -0.352 e. The number of rotatable bonds is 0. The largest absolute Gasteiger partial charge is 0.352 e. The van der Waals surface area contributed by atoms with Gasteiger partial charge in [0.05, 0.1) is 12.2 Å². The average molecular weight is 396 g/mol. The van der Waals surface area contributed by atoms with Gasteiger partial charge in [-0.05, 0) is 37.8 Å². The molecule has 0 radical (unpaired) electrons. The molecule has 1 amide bonds. The van der Waals surface area contributed by atoms with Crippen LogP contribution in [0.5, 0.6) is 0 Å². The standard InChI is InChI=1S/C20H21FN6O2/c21-13-10-14-16-4-3-8-26(16)17-5-9-27-18(24-17)15(11-23-27)19(28)22-6-1-2-7-25(12-13)20(14)29/h5,9-12,16H,1-4,6-8H2,(H,22,28)/t16-/m1/s1. The minimum atomic E-state index is -0.412. The first-order valence-corrected chi connectivity index (χ1v) is 9.91. The SMILES string of the molecule is O=C1NCCCCn2cc(F)cc(c2=O)[C@H]2CCCN2c2ccn3ncc1c3n2. The van der Waals surface area contributed by atoms with Crippen LogP contribution in [0, 0.1) is 5.82 Å². The van der Waals surface area contributed by atoms with Crippen molar-refractivity contribution in [1.29, 1.82) is 0 Å². The Kier molecular flexibility index (Phi) is 4.30. The van der Waals surface area contributed by atoms with E-state index in [9.17, 15) is 14.0 Å². The Labute approximate surface area is 166 Å². The smallest absolute Gasteiger partial charge is 0.256 e. The molecule has 1 fully saturated rings. The van der Waals surface area contributed by atoms with E-state index < -0.39 is 5.82 Å². The van der Waals surface area contributed by atoms with Crippen LogP contribution < -0.4 is 15.8 Å². The van der Waals surface area contributed by atoms with Gasteiger partial charge in [-0.3, -0.25) is 9.59 Å². The maximum absolute atomic E-state index is 14.3. The van der Waals surface area contributed by atoms with E-state index in [-0.39, 0.29) is 17.5 Å². The van der Waals surface area contributed by atoms with E-state index in [0.717, 1.165) is 12.8 Å². The molecule has 2 aliphatic rings. The normalized spacial score (nSPS) is 19.7. The van der Waals surface area contributed by atoms with Crippen LogP contribution in [0.2, 0.25) is 0 Å². The highest BCUT2D eigenvalue weighted by atomic mass is 19.1. The first-order valence-electron chi connectivity index (χ1n) is 9.91. The van der Waals surface area contributed by atoms with Crippen molar-refractivity contribution in [3.63, 3.8) is 0 Å². The summed E-state index contributed by atoms with van der Waals surface area (Å²) in [5.74, 6) is 0.0199. The number of carbonyl (C=O) groups is 1. The molecule has 0 saturated carbocycles. The lowest BCUT2D eigenvalue weighted by molar-refractivity contribution is 0.0954. The minimum absolute atomic E-state index is 0.159. The molecule has 8 nitrogen and oxygen atoms in total. The van der Waals surface area contributed by atoms with Crippen molar-refractivity contribution in [3.8, 4) is 0 Å². The van der Waals surface area contributed by atoms with E-state index in [4.69, 9.17) is 0 Å². The highest BCUT2D eigenvalue weighted by Crippen LogP contribution is 2.34. The van der Waals surface area contributed by atoms with Crippen molar-refractivity contribution in [2.75, 3.05) is 18.0 Å². The summed E-state index contributed by atoms with van der Waals surface area (Å²) in [4.78, 5) is 32.3. The lowest BCUT2D eigenvalue weighted by Gasteiger charge is -2.26. The molecule has 1 atom stereocenters. The second-order valence-corrected chi connectivity index (χ2v) is 7.54. The van der Waals surface area contributed by atoms with Crippen LogP contribution in [0.4, 0.5) is 10.2 Å². The number of amides is 1. The Morgan fingerprint density at radius 2 is 2.07 bits per heavy atom. The summed E-state index contributed by atoms with van der Waals surface area (Å²) in [5, 5.41) is 7.10. The van der Waals surface area contributed by atoms with E-state index in [1.807, 2.05) is 11.0 Å². The van der Waals surface area contributed by atoms with Gasteiger partial charge in [-0.2, -0.15) is 5.10 Å². The Bertz CT molecular complexity index is 1150. The summed E-state index contributed by atoms with van der Waals surface area (Å²) in [6, 6.07) is 2.92. The van der Waals surface area contributed by atoms with Gasteiger partial charge in [-0.1, -0.05) is 0 Å². The third-order valence-corrected chi connectivity index (χ3v) is 5.70. The molecule has 5 rings (SSSR count). The second kappa shape index (κ2) is 6.98. The van der Waals surface area contributed by atoms with E-state index in [0.29, 0.717) is 55.1 Å². The zero-order chi connectivity index (χ0) is 20.0. The number of anilines is 1. The number of pyridine rings is 1. The summed E-state index contributed by atoms with van der Waals surface area (Å²) >= 11 is 0. The zero-order valence-electron chi connectivity index (χ0n) is 15.8. The molecule has 0 unspecified atom stereocenters. The highest BCUT2D eigenvalue weighted by Gasteiger charge is 2.30. The van der Waals surface area contributed by atoms with E-state index in [1.54, 1.807) is 10.7 Å². The molecule has 1 saturated heterocycles. The molecule has 0 aliphatic carbocycles. The molecule has 0 spiro atoms. The molecule has 150 valence electrons. The fourth-order valence-electron chi connectivity index (χ4n) is 4.27. The summed E-state index contributed by atoms with van der Waals surface area (Å²) in [7, 11) is 0. The Morgan fingerprint density at radius 1 is 1.17 bits per heavy atom. The Hall–Kier alpha value is -3.23. The summed E-state index contributed by atoms with van der Waals surface area (Å²) in [5.41, 5.74) is 1.19. The number of nitrogens with one attached hydrogen (secondary N) is 1. The lowest BCUT2D eigenvalue weighted by atomic mass is 10.1. The topological polar surface area (TPSA) is 84.5 Å². The Morgan fingerprint density at radius 3 is 2.97 bits per heavy atom. The van der Waals surface area contributed by atoms with E-state index in [1.165, 1.54) is 23.0 Å². The maximum atomic E-state index is 14.3. The van der Waals surface area contributed by atoms with Crippen LogP contribution >= 0.6 is 0 Å². The monoisotopic (exact) mass is 396 g/mol. The lowest BCUT2D eigenvalue weighted by Crippen LogP contribution is -2.32. The first-order chi connectivity index (χ1) is 14.1. The van der Waals surface area contributed by atoms with Crippen molar-refractivity contribution in [3.05, 3.63) is 58.0 Å². The summed E-state index contributed by atoms with van der Waals surface area (Å²) in [6.45, 7) is 1.58. The number of hydrogen-bond acceptors (Lipinski definition) is 5. The van der Waals surface area contributed by atoms with E-state index in [2.05, 4.69) is 15.4 Å². The number of aromatic nitrogens is 4. The number of fused-ring (bicyclic) bond motifs is 6. The van der Waals surface area contributed by atoms with E-state index >= 15 is 0 Å². The molecule has 0 aromatic carbocycles. The van der Waals surface area contributed by atoms with Crippen LogP contribution in [0.1, 0.15) is 47.6 Å². The highest BCUT2D eigenvalue weighted by molar-refractivity contribution is 5.99. The molecule has 9 heteroatoms. The summed E-state index contributed by atoms with van der Waals surface area (Å²) in [6.07, 6.45) is 7.50. The van der Waals surface area contributed by atoms with Crippen molar-refractivity contribution < 1.29 is 9.18 Å². The molecular formula is C20H21FN6O2. The molecule has 1 N–H and O–H groups in total. The van der Waals surface area contributed by atoms with Crippen molar-refractivity contribution in [2.45, 2.75) is 38.3 Å². The van der Waals surface area contributed by atoms with Crippen LogP contribution in [-0.4, -0.2) is 38.2 Å². The molecule has 3 aromatic heterocycles. The fraction of sp³-hybridized carbons (Fsp3) is 0.400. The van der Waals surface area contributed by atoms with Gasteiger partial charge >= 0.3 is 0 Å². The second-order valence-electron chi connectivity index (χ2n) is 7.54. The van der Waals surface area contributed by atoms with Gasteiger partial charge in [-0.15, -0.1) is 0 Å². The molecular weight excluding hydrogens is 375 g/mol. The van der Waals surface area contributed by atoms with Gasteiger partial charge in [-0.25, -0.2) is 13.9 Å². The molecule has 2 aliphatic heterocycles. The van der Waals surface area contributed by atoms with Crippen LogP contribution in [-0.2, 0) is 6.54 Å². The van der Waals surface area contributed by atoms with Gasteiger partial charge < -0.3 is 14.8 Å². The van der Waals surface area contributed by atoms with Crippen molar-refractivity contribution in [1.82, 2.24) is 24.5 Å². The maximum Gasteiger partial charge on any atom is 0.256 e. The Balaban J connectivity index is 1.67. The average Bonchev–Trinajstić information content (AvgIpc) is 3.35. The third kappa shape index (κ3) is 3.06. The van der Waals surface area contributed by atoms with Gasteiger partial charge in [0, 0.05) is 37.6 Å². The number of carbonyl (C=O) groups excluding carboxylic acids is 1. The van der Waals surface area contributed by atoms with Crippen LogP contribution in [0.15, 0.2) is 35.5 Å². The van der Waals surface area contributed by atoms with Gasteiger partial charge in [0.15, 0.2) is 5.65 Å². The van der Waals surface area contributed by atoms with Gasteiger partial charge in [0.25, 0.3) is 11.5 Å². The zero-order valence-corrected chi connectivity index (χ0v) is 15.8. The quantitative estimate of drug-likeness (QED) is 0.627. The third-order valence-electron chi connectivity index (χ3n) is 5.70. The van der Waals surface area contributed by atoms with Crippen LogP contribution in [0.25, 0.3) is 5.65 Å². The van der Waals surface area contributed by atoms with Gasteiger partial charge in [0.2, 0.25) is 0 Å². The van der Waals surface area contributed by atoms with Gasteiger partial charge in [0.1, 0.15) is 17.2 Å². The first kappa shape index (κ1) is 17.8. The predicted molar refractivity (Wildman–Crippen MR) is 105 cm³/mol. The predicted octanol–water partition coefficient (Wildman–Crippen LogP) is 1.90. The van der Waals surface area contributed by atoms with Crippen LogP contribution in [0.3, 0.4) is 0 Å². The summed E-state index contributed by atoms with van der Waals surface area (Å²) < 4.78 is 17.3. The fourth-order valence-corrected chi connectivity index (χ4v) is 4.27. The van der Waals surface area contributed by atoms with Crippen molar-refractivity contribution in [2.24, 2.45) is 0 Å². The number of nitrogens with zero attached hydrogens (tertiary/aromatic N) is 5.